The summed E-state index contributed by atoms with van der Waals surface area (Å²) in [5.41, 5.74) is 6.37. The van der Waals surface area contributed by atoms with Crippen LogP contribution in [0.5, 0.6) is 11.5 Å². The van der Waals surface area contributed by atoms with E-state index in [0.29, 0.717) is 22.0 Å². The van der Waals surface area contributed by atoms with Gasteiger partial charge in [-0.2, -0.15) is 0 Å². The van der Waals surface area contributed by atoms with E-state index in [0.717, 1.165) is 35.0 Å². The van der Waals surface area contributed by atoms with E-state index < -0.39 is 0 Å². The molecule has 4 rings (SSSR count). The molecule has 0 saturated carbocycles. The Hall–Kier alpha value is -3.05. The van der Waals surface area contributed by atoms with Crippen LogP contribution in [-0.4, -0.2) is 25.2 Å². The summed E-state index contributed by atoms with van der Waals surface area (Å²) in [5, 5.41) is 30.2. The Labute approximate surface area is 238 Å². The van der Waals surface area contributed by atoms with E-state index in [1.54, 1.807) is 12.1 Å². The molecule has 0 bridgehead atoms. The number of aromatic hydroxyl groups is 2. The van der Waals surface area contributed by atoms with Crippen molar-refractivity contribution in [1.29, 1.82) is 0 Å². The highest BCUT2D eigenvalue weighted by atomic mass is 35.5. The topological polar surface area (TPSA) is 71.2 Å². The van der Waals surface area contributed by atoms with Crippen molar-refractivity contribution in [1.82, 2.24) is 15.0 Å². The molecule has 2 N–H and O–H groups in total. The highest BCUT2D eigenvalue weighted by Gasteiger charge is 2.26. The van der Waals surface area contributed by atoms with Crippen molar-refractivity contribution in [2.75, 3.05) is 0 Å². The van der Waals surface area contributed by atoms with Crippen LogP contribution >= 0.6 is 11.6 Å². The van der Waals surface area contributed by atoms with Gasteiger partial charge in [-0.1, -0.05) is 92.1 Å². The van der Waals surface area contributed by atoms with Crippen LogP contribution < -0.4 is 0 Å². The summed E-state index contributed by atoms with van der Waals surface area (Å²) in [5.74, 6) is 0.636. The summed E-state index contributed by atoms with van der Waals surface area (Å²) in [6.45, 7) is 21.4. The van der Waals surface area contributed by atoms with E-state index >= 15 is 0 Å². The lowest BCUT2D eigenvalue weighted by Gasteiger charge is -2.29. The predicted octanol–water partition coefficient (Wildman–Crippen LogP) is 9.15. The number of hydrogen-bond donors (Lipinski definition) is 2. The minimum Gasteiger partial charge on any atom is -0.508 e. The lowest BCUT2D eigenvalue weighted by molar-refractivity contribution is 0.425. The van der Waals surface area contributed by atoms with Crippen molar-refractivity contribution < 1.29 is 10.2 Å². The zero-order valence-corrected chi connectivity index (χ0v) is 25.9. The van der Waals surface area contributed by atoms with Crippen LogP contribution in [0.2, 0.25) is 5.02 Å². The van der Waals surface area contributed by atoms with Crippen LogP contribution in [0.4, 0.5) is 0 Å². The summed E-state index contributed by atoms with van der Waals surface area (Å²) in [6.07, 6.45) is 2.13. The second-order valence-electron chi connectivity index (χ2n) is 12.8. The Morgan fingerprint density at radius 2 is 1.36 bits per heavy atom. The molecule has 0 unspecified atom stereocenters. The smallest absolute Gasteiger partial charge is 0.146 e. The summed E-state index contributed by atoms with van der Waals surface area (Å²) in [4.78, 5) is 1.47. The molecule has 0 radical (unpaired) electrons. The summed E-state index contributed by atoms with van der Waals surface area (Å²) in [7, 11) is 0. The molecule has 1 heterocycles. The molecule has 0 aliphatic rings. The van der Waals surface area contributed by atoms with E-state index in [4.69, 9.17) is 11.6 Å². The van der Waals surface area contributed by atoms with Crippen molar-refractivity contribution in [2.24, 2.45) is 0 Å². The lowest BCUT2D eigenvalue weighted by Crippen LogP contribution is -2.20. The molecule has 1 aromatic heterocycles. The molecule has 3 aromatic carbocycles. The van der Waals surface area contributed by atoms with Crippen molar-refractivity contribution in [3.63, 3.8) is 0 Å². The van der Waals surface area contributed by atoms with Crippen molar-refractivity contribution in [3.05, 3.63) is 75.8 Å². The number of aryl methyl sites for hydroxylation is 1. The van der Waals surface area contributed by atoms with E-state index in [9.17, 15) is 10.2 Å². The fraction of sp³-hybridized carbons (Fsp3) is 0.455. The van der Waals surface area contributed by atoms with Gasteiger partial charge in [0.05, 0.1) is 0 Å². The number of fused-ring (bicyclic) bond motifs is 1. The third-order valence-electron chi connectivity index (χ3n) is 7.87. The van der Waals surface area contributed by atoms with Gasteiger partial charge in [-0.05, 0) is 83.0 Å². The molecule has 5 nitrogen and oxygen atoms in total. The SMILES string of the molecule is CCC(C)(C)c1ccc(O)c(C(C)(C)CC)c1.Cc1cc(-n2nc3ccc(Cl)cc3n2)c(O)c(C(C)(C)C)c1. The van der Waals surface area contributed by atoms with Gasteiger partial charge < -0.3 is 10.2 Å². The third kappa shape index (κ3) is 6.75. The fourth-order valence-corrected chi connectivity index (χ4v) is 4.54. The Kier molecular flexibility index (Phi) is 8.76. The first kappa shape index (κ1) is 30.5. The Morgan fingerprint density at radius 3 is 1.95 bits per heavy atom. The minimum absolute atomic E-state index is 0.0317. The molecule has 0 aliphatic carbocycles. The average Bonchev–Trinajstić information content (AvgIpc) is 3.28. The lowest BCUT2D eigenvalue weighted by atomic mass is 9.76. The number of phenolic OH excluding ortho intramolecular Hbond substituents is 2. The number of phenols is 2. The van der Waals surface area contributed by atoms with Crippen molar-refractivity contribution in [2.45, 2.75) is 98.3 Å². The average molecular weight is 550 g/mol. The Bertz CT molecular complexity index is 1460. The number of benzene rings is 3. The van der Waals surface area contributed by atoms with Crippen molar-refractivity contribution >= 4 is 22.6 Å². The Morgan fingerprint density at radius 1 is 0.744 bits per heavy atom. The Balaban J connectivity index is 0.000000224. The highest BCUT2D eigenvalue weighted by Crippen LogP contribution is 2.38. The molecule has 0 aliphatic heterocycles. The molecule has 0 fully saturated rings. The monoisotopic (exact) mass is 549 g/mol. The van der Waals surface area contributed by atoms with Crippen LogP contribution in [0.3, 0.4) is 0 Å². The van der Waals surface area contributed by atoms with Gasteiger partial charge in [-0.15, -0.1) is 15.0 Å². The maximum Gasteiger partial charge on any atom is 0.146 e. The van der Waals surface area contributed by atoms with Crippen LogP contribution in [0.25, 0.3) is 16.7 Å². The maximum absolute atomic E-state index is 10.7. The van der Waals surface area contributed by atoms with Gasteiger partial charge in [-0.3, -0.25) is 0 Å². The largest absolute Gasteiger partial charge is 0.508 e. The number of hydrogen-bond acceptors (Lipinski definition) is 4. The summed E-state index contributed by atoms with van der Waals surface area (Å²) in [6, 6.07) is 15.3. The van der Waals surface area contributed by atoms with Gasteiger partial charge >= 0.3 is 0 Å². The minimum atomic E-state index is -0.166. The number of halogens is 1. The van der Waals surface area contributed by atoms with Gasteiger partial charge in [0, 0.05) is 10.6 Å². The van der Waals surface area contributed by atoms with Crippen molar-refractivity contribution in [3.8, 4) is 17.2 Å². The number of nitrogens with zero attached hydrogens (tertiary/aromatic N) is 3. The molecule has 6 heteroatoms. The normalized spacial score (nSPS) is 12.4. The first-order valence-corrected chi connectivity index (χ1v) is 14.1. The quantitative estimate of drug-likeness (QED) is 0.260. The molecule has 0 amide bonds. The standard InChI is InChI=1S/C17H18ClN3O.C16H26O/c1-10-7-12(17(2,3)4)16(22)15(8-10)21-19-13-6-5-11(18)9-14(13)20-21;1-7-15(3,4)12-9-10-14(17)13(11-12)16(5,6)8-2/h5-9,22H,1-4H3;9-11,17H,7-8H2,1-6H3. The third-order valence-corrected chi connectivity index (χ3v) is 8.11. The van der Waals surface area contributed by atoms with Crippen LogP contribution in [-0.2, 0) is 16.2 Å². The van der Waals surface area contributed by atoms with Gasteiger partial charge in [0.15, 0.2) is 0 Å². The summed E-state index contributed by atoms with van der Waals surface area (Å²) >= 11 is 5.99. The second-order valence-corrected chi connectivity index (χ2v) is 13.2. The first-order valence-electron chi connectivity index (χ1n) is 13.7. The second kappa shape index (κ2) is 11.2. The number of rotatable bonds is 5. The predicted molar refractivity (Wildman–Crippen MR) is 164 cm³/mol. The first-order chi connectivity index (χ1) is 18.0. The van der Waals surface area contributed by atoms with E-state index in [1.165, 1.54) is 10.4 Å². The molecule has 210 valence electrons. The van der Waals surface area contributed by atoms with Gasteiger partial charge in [0.1, 0.15) is 28.2 Å². The van der Waals surface area contributed by atoms with Crippen LogP contribution in [0.1, 0.15) is 97.4 Å². The van der Waals surface area contributed by atoms with E-state index in [-0.39, 0.29) is 22.0 Å². The molecule has 0 saturated heterocycles. The molecular formula is C33H44ClN3O2. The zero-order chi connectivity index (χ0) is 29.3. The fourth-order valence-electron chi connectivity index (χ4n) is 4.37. The summed E-state index contributed by atoms with van der Waals surface area (Å²) < 4.78 is 0. The molecule has 4 aromatic rings. The van der Waals surface area contributed by atoms with Gasteiger partial charge in [-0.25, -0.2) is 0 Å². The highest BCUT2D eigenvalue weighted by molar-refractivity contribution is 6.31. The molecule has 0 atom stereocenters. The van der Waals surface area contributed by atoms with Gasteiger partial charge in [0.25, 0.3) is 0 Å². The molecule has 39 heavy (non-hydrogen) atoms. The van der Waals surface area contributed by atoms with E-state index in [2.05, 4.69) is 78.6 Å². The van der Waals surface area contributed by atoms with Crippen LogP contribution in [0.15, 0.2) is 48.5 Å². The number of aromatic nitrogens is 3. The van der Waals surface area contributed by atoms with Gasteiger partial charge in [0.2, 0.25) is 0 Å². The maximum atomic E-state index is 10.7. The van der Waals surface area contributed by atoms with E-state index in [1.807, 2.05) is 37.3 Å². The molecular weight excluding hydrogens is 506 g/mol. The molecule has 0 spiro atoms. The zero-order valence-electron chi connectivity index (χ0n) is 25.1. The van der Waals surface area contributed by atoms with Crippen LogP contribution in [0, 0.1) is 6.92 Å².